The predicted molar refractivity (Wildman–Crippen MR) is 62.9 cm³/mol. The maximum absolute atomic E-state index is 11.4. The fraction of sp³-hybridized carbons (Fsp3) is 0.455. The lowest BCUT2D eigenvalue weighted by Gasteiger charge is -2.30. The molecular weight excluding hydrogens is 224 g/mol. The van der Waals surface area contributed by atoms with Crippen molar-refractivity contribution < 1.29 is 9.90 Å². The van der Waals surface area contributed by atoms with E-state index < -0.39 is 11.4 Å². The van der Waals surface area contributed by atoms with E-state index in [9.17, 15) is 9.90 Å². The number of thiophene rings is 1. The van der Waals surface area contributed by atoms with E-state index in [-0.39, 0.29) is 0 Å². The molecule has 0 saturated carbocycles. The van der Waals surface area contributed by atoms with Crippen LogP contribution in [0.3, 0.4) is 0 Å². The second kappa shape index (κ2) is 3.49. The Bertz CT molecular complexity index is 501. The number of nitrogens with two attached hydrogens (primary N) is 1. The Hall–Kier alpha value is -1.54. The molecule has 1 aliphatic rings. The number of nitrogen functional groups attached to an aromatic ring is 1. The Morgan fingerprint density at radius 2 is 2.38 bits per heavy atom. The van der Waals surface area contributed by atoms with Crippen molar-refractivity contribution in [1.29, 1.82) is 0 Å². The molecule has 2 rings (SSSR count). The summed E-state index contributed by atoms with van der Waals surface area (Å²) in [6.45, 7) is 8.81. The highest BCUT2D eigenvalue weighted by atomic mass is 32.1. The van der Waals surface area contributed by atoms with Crippen LogP contribution < -0.4 is 5.73 Å². The lowest BCUT2D eigenvalue weighted by Crippen LogP contribution is -2.35. The summed E-state index contributed by atoms with van der Waals surface area (Å²) in [7, 11) is 0. The van der Waals surface area contributed by atoms with Crippen molar-refractivity contribution in [2.45, 2.75) is 31.6 Å². The van der Waals surface area contributed by atoms with E-state index in [0.717, 1.165) is 17.7 Å². The van der Waals surface area contributed by atoms with Gasteiger partial charge in [0.05, 0.1) is 17.0 Å². The zero-order valence-electron chi connectivity index (χ0n) is 8.91. The smallest absolute Gasteiger partial charge is 0.312 e. The molecule has 16 heavy (non-hydrogen) atoms. The van der Waals surface area contributed by atoms with Gasteiger partial charge in [0.25, 0.3) is 0 Å². The number of anilines is 1. The monoisotopic (exact) mass is 236 g/mol. The Balaban J connectivity index is 2.71. The average Bonchev–Trinajstić information content (AvgIpc) is 2.55. The molecule has 1 aromatic heterocycles. The minimum Gasteiger partial charge on any atom is -0.481 e. The Morgan fingerprint density at radius 1 is 1.69 bits per heavy atom. The molecule has 1 unspecified atom stereocenters. The first-order valence-electron chi connectivity index (χ1n) is 5.03. The molecule has 0 fully saturated rings. The average molecular weight is 236 g/mol. The topological polar surface area (TPSA) is 67.7 Å². The SMILES string of the molecule is [C-]#[N+]c1c(N)sc2c1C(C)(C(=O)O)CCC2. The van der Waals surface area contributed by atoms with Gasteiger partial charge < -0.3 is 10.8 Å². The van der Waals surface area contributed by atoms with Crippen LogP contribution in [0.15, 0.2) is 0 Å². The molecule has 0 amide bonds. The van der Waals surface area contributed by atoms with Crippen LogP contribution >= 0.6 is 11.3 Å². The van der Waals surface area contributed by atoms with Crippen molar-refractivity contribution in [2.24, 2.45) is 0 Å². The summed E-state index contributed by atoms with van der Waals surface area (Å²) < 4.78 is 0. The van der Waals surface area contributed by atoms with Crippen molar-refractivity contribution in [3.63, 3.8) is 0 Å². The highest BCUT2D eigenvalue weighted by Gasteiger charge is 2.42. The Labute approximate surface area is 97.5 Å². The summed E-state index contributed by atoms with van der Waals surface area (Å²) in [4.78, 5) is 15.7. The molecule has 1 aromatic rings. The van der Waals surface area contributed by atoms with E-state index in [1.165, 1.54) is 11.3 Å². The lowest BCUT2D eigenvalue weighted by molar-refractivity contribution is -0.143. The summed E-state index contributed by atoms with van der Waals surface area (Å²) in [5, 5.41) is 9.79. The molecule has 0 spiro atoms. The lowest BCUT2D eigenvalue weighted by atomic mass is 9.73. The van der Waals surface area contributed by atoms with Gasteiger partial charge in [-0.25, -0.2) is 4.85 Å². The van der Waals surface area contributed by atoms with Crippen LogP contribution in [0, 0.1) is 6.57 Å². The number of hydrogen-bond donors (Lipinski definition) is 2. The van der Waals surface area contributed by atoms with E-state index in [1.54, 1.807) is 6.92 Å². The van der Waals surface area contributed by atoms with Crippen molar-refractivity contribution in [3.05, 3.63) is 21.9 Å². The number of aryl methyl sites for hydroxylation is 1. The number of carboxylic acid groups (broad SMARTS) is 1. The van der Waals surface area contributed by atoms with Crippen LogP contribution in [0.5, 0.6) is 0 Å². The summed E-state index contributed by atoms with van der Waals surface area (Å²) in [6, 6.07) is 0. The fourth-order valence-corrected chi connectivity index (χ4v) is 3.47. The number of rotatable bonds is 1. The van der Waals surface area contributed by atoms with Gasteiger partial charge in [0.2, 0.25) is 5.69 Å². The van der Waals surface area contributed by atoms with Crippen LogP contribution in [0.4, 0.5) is 10.7 Å². The highest BCUT2D eigenvalue weighted by Crippen LogP contribution is 2.50. The van der Waals surface area contributed by atoms with Gasteiger partial charge in [-0.2, -0.15) is 0 Å². The van der Waals surface area contributed by atoms with Gasteiger partial charge in [0, 0.05) is 0 Å². The van der Waals surface area contributed by atoms with Crippen LogP contribution in [0.1, 0.15) is 30.2 Å². The Morgan fingerprint density at radius 3 is 2.94 bits per heavy atom. The molecule has 84 valence electrons. The summed E-state index contributed by atoms with van der Waals surface area (Å²) in [6.07, 6.45) is 2.25. The van der Waals surface area contributed by atoms with E-state index >= 15 is 0 Å². The summed E-state index contributed by atoms with van der Waals surface area (Å²) >= 11 is 1.36. The Kier molecular flexibility index (Phi) is 2.39. The first-order chi connectivity index (χ1) is 7.50. The third kappa shape index (κ3) is 1.30. The van der Waals surface area contributed by atoms with E-state index in [2.05, 4.69) is 4.85 Å². The molecule has 0 aliphatic heterocycles. The van der Waals surface area contributed by atoms with E-state index in [4.69, 9.17) is 12.3 Å². The molecule has 1 aliphatic carbocycles. The molecule has 0 bridgehead atoms. The molecule has 0 radical (unpaired) electrons. The van der Waals surface area contributed by atoms with Gasteiger partial charge in [-0.3, -0.25) is 4.79 Å². The quantitative estimate of drug-likeness (QED) is 0.736. The largest absolute Gasteiger partial charge is 0.481 e. The third-order valence-corrected chi connectivity index (χ3v) is 4.27. The van der Waals surface area contributed by atoms with Crippen LogP contribution in [-0.2, 0) is 16.6 Å². The van der Waals surface area contributed by atoms with Gasteiger partial charge in [0.1, 0.15) is 0 Å². The number of fused-ring (bicyclic) bond motifs is 1. The molecule has 1 atom stereocenters. The number of aliphatic carboxylic acids is 1. The maximum Gasteiger partial charge on any atom is 0.312 e. The van der Waals surface area contributed by atoms with Gasteiger partial charge in [-0.1, -0.05) is 0 Å². The maximum atomic E-state index is 11.4. The molecular formula is C11H12N2O2S. The second-order valence-electron chi connectivity index (χ2n) is 4.22. The molecule has 5 heteroatoms. The van der Waals surface area contributed by atoms with Crippen molar-refractivity contribution in [3.8, 4) is 0 Å². The molecule has 0 saturated heterocycles. The molecule has 4 nitrogen and oxygen atoms in total. The standard InChI is InChI=1S/C11H12N2O2S/c1-11(10(14)15)5-3-4-6-7(11)8(13-2)9(12)16-6/h3-5,12H2,1H3,(H,14,15). The second-order valence-corrected chi connectivity index (χ2v) is 5.35. The van der Waals surface area contributed by atoms with Crippen LogP contribution in [0.2, 0.25) is 0 Å². The zero-order valence-corrected chi connectivity index (χ0v) is 9.73. The van der Waals surface area contributed by atoms with Gasteiger partial charge in [-0.15, -0.1) is 11.3 Å². The molecule has 1 heterocycles. The number of carboxylic acids is 1. The van der Waals surface area contributed by atoms with Gasteiger partial charge in [-0.05, 0) is 36.6 Å². The minimum atomic E-state index is -0.943. The number of hydrogen-bond acceptors (Lipinski definition) is 3. The van der Waals surface area contributed by atoms with Gasteiger partial charge in [0.15, 0.2) is 0 Å². The minimum absolute atomic E-state index is 0.351. The predicted octanol–water partition coefficient (Wildman–Crippen LogP) is 2.56. The number of nitrogens with zero attached hydrogens (tertiary/aromatic N) is 1. The van der Waals surface area contributed by atoms with Crippen molar-refractivity contribution >= 4 is 28.0 Å². The van der Waals surface area contributed by atoms with Gasteiger partial charge >= 0.3 is 5.97 Å². The normalized spacial score (nSPS) is 23.5. The molecule has 0 aromatic carbocycles. The number of carbonyl (C=O) groups is 1. The van der Waals surface area contributed by atoms with Crippen LogP contribution in [-0.4, -0.2) is 11.1 Å². The van der Waals surface area contributed by atoms with Crippen molar-refractivity contribution in [2.75, 3.05) is 5.73 Å². The van der Waals surface area contributed by atoms with E-state index in [0.29, 0.717) is 22.7 Å². The first-order valence-corrected chi connectivity index (χ1v) is 5.85. The van der Waals surface area contributed by atoms with Crippen molar-refractivity contribution in [1.82, 2.24) is 0 Å². The summed E-state index contributed by atoms with van der Waals surface area (Å²) in [5.41, 5.74) is 5.83. The summed E-state index contributed by atoms with van der Waals surface area (Å²) in [5.74, 6) is -0.865. The third-order valence-electron chi connectivity index (χ3n) is 3.20. The fourth-order valence-electron chi connectivity index (χ4n) is 2.28. The highest BCUT2D eigenvalue weighted by molar-refractivity contribution is 7.16. The first kappa shape index (κ1) is 11.0. The molecule has 3 N–H and O–H groups in total. The van der Waals surface area contributed by atoms with Crippen LogP contribution in [0.25, 0.3) is 4.85 Å². The zero-order chi connectivity index (χ0) is 11.9. The van der Waals surface area contributed by atoms with E-state index in [1.807, 2.05) is 0 Å².